The van der Waals surface area contributed by atoms with Crippen LogP contribution in [-0.4, -0.2) is 24.5 Å². The standard InChI is InChI=1S/C10H11BrN2O/c11-9-4-1-2-5-10(9)13-7-3-6-12(13)8-14/h1-2,4-5,8H,3,6-7H2. The second kappa shape index (κ2) is 4.00. The molecule has 1 aliphatic rings. The van der Waals surface area contributed by atoms with E-state index in [0.29, 0.717) is 0 Å². The van der Waals surface area contributed by atoms with E-state index in [2.05, 4.69) is 15.9 Å². The van der Waals surface area contributed by atoms with E-state index >= 15 is 0 Å². The molecule has 1 aromatic carbocycles. The number of halogens is 1. The number of hydrogen-bond donors (Lipinski definition) is 0. The van der Waals surface area contributed by atoms with Crippen LogP contribution in [0.1, 0.15) is 6.42 Å². The van der Waals surface area contributed by atoms with Crippen LogP contribution >= 0.6 is 15.9 Å². The summed E-state index contributed by atoms with van der Waals surface area (Å²) in [4.78, 5) is 10.8. The largest absolute Gasteiger partial charge is 0.282 e. The molecule has 3 nitrogen and oxygen atoms in total. The summed E-state index contributed by atoms with van der Waals surface area (Å²) in [5.41, 5.74) is 1.05. The Kier molecular flexibility index (Phi) is 2.72. The van der Waals surface area contributed by atoms with E-state index in [1.807, 2.05) is 29.3 Å². The van der Waals surface area contributed by atoms with Crippen LogP contribution in [-0.2, 0) is 4.79 Å². The van der Waals surface area contributed by atoms with Gasteiger partial charge in [0, 0.05) is 17.6 Å². The van der Waals surface area contributed by atoms with Crippen LogP contribution in [0.4, 0.5) is 5.69 Å². The van der Waals surface area contributed by atoms with Gasteiger partial charge in [0.15, 0.2) is 0 Å². The van der Waals surface area contributed by atoms with Crippen LogP contribution in [0.2, 0.25) is 0 Å². The average molecular weight is 255 g/mol. The normalized spacial score (nSPS) is 16.1. The third-order valence-corrected chi connectivity index (χ3v) is 2.99. The Labute approximate surface area is 91.4 Å². The number of carbonyl (C=O) groups is 1. The Hall–Kier alpha value is -1.03. The molecule has 1 aromatic rings. The summed E-state index contributed by atoms with van der Waals surface area (Å²) in [6.45, 7) is 1.71. The second-order valence-electron chi connectivity index (χ2n) is 3.20. The molecule has 0 atom stereocenters. The van der Waals surface area contributed by atoms with Crippen molar-refractivity contribution in [3.63, 3.8) is 0 Å². The summed E-state index contributed by atoms with van der Waals surface area (Å²) in [6, 6.07) is 7.93. The van der Waals surface area contributed by atoms with Gasteiger partial charge in [-0.05, 0) is 34.5 Å². The summed E-state index contributed by atoms with van der Waals surface area (Å²) in [5.74, 6) is 0. The highest BCUT2D eigenvalue weighted by molar-refractivity contribution is 9.10. The first-order valence-corrected chi connectivity index (χ1v) is 5.36. The Bertz CT molecular complexity index is 343. The number of anilines is 1. The van der Waals surface area contributed by atoms with Crippen LogP contribution in [0, 0.1) is 0 Å². The van der Waals surface area contributed by atoms with Gasteiger partial charge < -0.3 is 0 Å². The monoisotopic (exact) mass is 254 g/mol. The van der Waals surface area contributed by atoms with Gasteiger partial charge in [-0.2, -0.15) is 0 Å². The molecule has 0 bridgehead atoms. The third kappa shape index (κ3) is 1.62. The minimum absolute atomic E-state index is 0.810. The maximum Gasteiger partial charge on any atom is 0.228 e. The fourth-order valence-electron chi connectivity index (χ4n) is 1.66. The van der Waals surface area contributed by atoms with Gasteiger partial charge in [0.25, 0.3) is 0 Å². The second-order valence-corrected chi connectivity index (χ2v) is 4.05. The van der Waals surface area contributed by atoms with E-state index in [1.54, 1.807) is 5.01 Å². The van der Waals surface area contributed by atoms with Crippen molar-refractivity contribution >= 4 is 28.0 Å². The molecule has 1 aliphatic heterocycles. The summed E-state index contributed by atoms with van der Waals surface area (Å²) in [6.07, 6.45) is 1.91. The lowest BCUT2D eigenvalue weighted by atomic mass is 10.3. The van der Waals surface area contributed by atoms with Crippen LogP contribution < -0.4 is 5.01 Å². The van der Waals surface area contributed by atoms with Crippen molar-refractivity contribution in [2.24, 2.45) is 0 Å². The number of para-hydroxylation sites is 1. The topological polar surface area (TPSA) is 23.6 Å². The maximum absolute atomic E-state index is 10.8. The molecule has 4 heteroatoms. The van der Waals surface area contributed by atoms with Gasteiger partial charge in [0.2, 0.25) is 6.41 Å². The highest BCUT2D eigenvalue weighted by Crippen LogP contribution is 2.28. The predicted octanol–water partition coefficient (Wildman–Crippen LogP) is 2.03. The molecule has 2 rings (SSSR count). The highest BCUT2D eigenvalue weighted by atomic mass is 79.9. The molecule has 14 heavy (non-hydrogen) atoms. The maximum atomic E-state index is 10.8. The van der Waals surface area contributed by atoms with Crippen LogP contribution in [0.15, 0.2) is 28.7 Å². The first kappa shape index (κ1) is 9.52. The number of rotatable bonds is 2. The number of hydrogen-bond acceptors (Lipinski definition) is 2. The smallest absolute Gasteiger partial charge is 0.228 e. The molecular formula is C10H11BrN2O. The Morgan fingerprint density at radius 1 is 1.29 bits per heavy atom. The van der Waals surface area contributed by atoms with Crippen molar-refractivity contribution in [2.45, 2.75) is 6.42 Å². The van der Waals surface area contributed by atoms with E-state index in [0.717, 1.165) is 36.1 Å². The highest BCUT2D eigenvalue weighted by Gasteiger charge is 2.21. The van der Waals surface area contributed by atoms with Gasteiger partial charge in [-0.25, -0.2) is 0 Å². The molecule has 74 valence electrons. The molecule has 1 saturated heterocycles. The van der Waals surface area contributed by atoms with Gasteiger partial charge in [-0.1, -0.05) is 12.1 Å². The molecule has 1 heterocycles. The molecule has 0 aromatic heterocycles. The van der Waals surface area contributed by atoms with Gasteiger partial charge in [-0.15, -0.1) is 0 Å². The summed E-state index contributed by atoms with van der Waals surface area (Å²) in [5, 5.41) is 3.71. The molecule has 1 amide bonds. The van der Waals surface area contributed by atoms with Gasteiger partial charge in [0.1, 0.15) is 0 Å². The van der Waals surface area contributed by atoms with Crippen molar-refractivity contribution in [3.05, 3.63) is 28.7 Å². The van der Waals surface area contributed by atoms with E-state index in [4.69, 9.17) is 0 Å². The number of hydrazine groups is 1. The molecule has 0 aliphatic carbocycles. The van der Waals surface area contributed by atoms with Crippen LogP contribution in [0.3, 0.4) is 0 Å². The molecule has 0 unspecified atom stereocenters. The Balaban J connectivity index is 2.30. The molecule has 0 saturated carbocycles. The quantitative estimate of drug-likeness (QED) is 0.755. The SMILES string of the molecule is O=CN1CCCN1c1ccccc1Br. The lowest BCUT2D eigenvalue weighted by Gasteiger charge is -2.26. The summed E-state index contributed by atoms with van der Waals surface area (Å²) >= 11 is 3.48. The van der Waals surface area contributed by atoms with Gasteiger partial charge >= 0.3 is 0 Å². The van der Waals surface area contributed by atoms with E-state index < -0.39 is 0 Å². The average Bonchev–Trinajstić information content (AvgIpc) is 2.66. The Morgan fingerprint density at radius 3 is 2.79 bits per heavy atom. The Morgan fingerprint density at radius 2 is 2.07 bits per heavy atom. The first-order valence-electron chi connectivity index (χ1n) is 4.57. The van der Waals surface area contributed by atoms with Gasteiger partial charge in [0.05, 0.1) is 5.69 Å². The van der Waals surface area contributed by atoms with Crippen molar-refractivity contribution in [3.8, 4) is 0 Å². The van der Waals surface area contributed by atoms with Crippen LogP contribution in [0.5, 0.6) is 0 Å². The zero-order valence-electron chi connectivity index (χ0n) is 7.69. The predicted molar refractivity (Wildman–Crippen MR) is 58.9 cm³/mol. The minimum atomic E-state index is 0.810. The number of benzene rings is 1. The van der Waals surface area contributed by atoms with Crippen LogP contribution in [0.25, 0.3) is 0 Å². The fraction of sp³-hybridized carbons (Fsp3) is 0.300. The minimum Gasteiger partial charge on any atom is -0.282 e. The summed E-state index contributed by atoms with van der Waals surface area (Å²) < 4.78 is 1.02. The van der Waals surface area contributed by atoms with Crippen molar-refractivity contribution in [1.82, 2.24) is 5.01 Å². The van der Waals surface area contributed by atoms with E-state index in [9.17, 15) is 4.79 Å². The van der Waals surface area contributed by atoms with E-state index in [-0.39, 0.29) is 0 Å². The zero-order valence-corrected chi connectivity index (χ0v) is 9.27. The third-order valence-electron chi connectivity index (χ3n) is 2.32. The molecule has 1 fully saturated rings. The molecule has 0 spiro atoms. The molecule has 0 N–H and O–H groups in total. The molecular weight excluding hydrogens is 244 g/mol. The van der Waals surface area contributed by atoms with Gasteiger partial charge in [-0.3, -0.25) is 14.8 Å². The van der Waals surface area contributed by atoms with E-state index in [1.165, 1.54) is 0 Å². The first-order chi connectivity index (χ1) is 6.83. The lowest BCUT2D eigenvalue weighted by molar-refractivity contribution is -0.117. The molecule has 0 radical (unpaired) electrons. The van der Waals surface area contributed by atoms with Crippen molar-refractivity contribution in [2.75, 3.05) is 18.1 Å². The number of amides is 1. The van der Waals surface area contributed by atoms with Crippen molar-refractivity contribution < 1.29 is 4.79 Å². The fourth-order valence-corrected chi connectivity index (χ4v) is 2.15. The number of nitrogens with zero attached hydrogens (tertiary/aromatic N) is 2. The van der Waals surface area contributed by atoms with Crippen molar-refractivity contribution in [1.29, 1.82) is 0 Å². The zero-order chi connectivity index (χ0) is 9.97. The number of carbonyl (C=O) groups excluding carboxylic acids is 1. The summed E-state index contributed by atoms with van der Waals surface area (Å²) in [7, 11) is 0. The lowest BCUT2D eigenvalue weighted by Crippen LogP contribution is -2.35.